The first kappa shape index (κ1) is 22.8. The fraction of sp³-hybridized carbons (Fsp3) is 0.296. The Labute approximate surface area is 214 Å². The maximum atomic E-state index is 6.01. The van der Waals surface area contributed by atoms with Gasteiger partial charge in [0.15, 0.2) is 0 Å². The van der Waals surface area contributed by atoms with E-state index in [0.29, 0.717) is 16.9 Å². The lowest BCUT2D eigenvalue weighted by Crippen LogP contribution is -2.52. The lowest BCUT2D eigenvalue weighted by atomic mass is 9.97. The van der Waals surface area contributed by atoms with E-state index in [1.54, 1.807) is 26.7 Å². The van der Waals surface area contributed by atoms with Crippen molar-refractivity contribution >= 4 is 29.1 Å². The predicted octanol–water partition coefficient (Wildman–Crippen LogP) is 4.98. The van der Waals surface area contributed by atoms with Crippen LogP contribution >= 0.6 is 11.6 Å². The van der Waals surface area contributed by atoms with Crippen LogP contribution in [0, 0.1) is 0 Å². The molecular formula is C27H27ClN6O2. The molecule has 2 aromatic carbocycles. The maximum absolute atomic E-state index is 6.01. The summed E-state index contributed by atoms with van der Waals surface area (Å²) < 4.78 is 13.0. The fourth-order valence-corrected chi connectivity index (χ4v) is 5.21. The summed E-state index contributed by atoms with van der Waals surface area (Å²) >= 11 is 6.01. The minimum atomic E-state index is 0.242. The maximum Gasteiger partial charge on any atom is 0.229 e. The molecule has 1 saturated heterocycles. The van der Waals surface area contributed by atoms with E-state index in [1.165, 1.54) is 11.1 Å². The standard InChI is InChI=1S/C27H27ClN6O2/c1-35-19-13-33(14-19)26-21-10-9-20(17-6-4-3-5-7-17)25(21)31-27(32-26)30-18-8-11-22(23(12-18)36-2)34-15-24(28)29-16-34/h3-8,11-12,15-16,19-20H,9-10,13-14H2,1-2H3,(H,30,31,32). The van der Waals surface area contributed by atoms with Crippen molar-refractivity contribution in [3.63, 3.8) is 0 Å². The van der Waals surface area contributed by atoms with Crippen molar-refractivity contribution in [3.05, 3.63) is 83.0 Å². The number of aromatic nitrogens is 4. The Morgan fingerprint density at radius 1 is 1.06 bits per heavy atom. The van der Waals surface area contributed by atoms with Crippen LogP contribution in [0.4, 0.5) is 17.5 Å². The van der Waals surface area contributed by atoms with Crippen molar-refractivity contribution in [1.82, 2.24) is 19.5 Å². The predicted molar refractivity (Wildman–Crippen MR) is 140 cm³/mol. The van der Waals surface area contributed by atoms with Gasteiger partial charge in [-0.3, -0.25) is 0 Å². The van der Waals surface area contributed by atoms with Crippen LogP contribution in [0.1, 0.15) is 29.2 Å². The molecular weight excluding hydrogens is 476 g/mol. The van der Waals surface area contributed by atoms with Crippen LogP contribution in [-0.4, -0.2) is 52.9 Å². The highest BCUT2D eigenvalue weighted by molar-refractivity contribution is 6.29. The normalized spacial score (nSPS) is 17.1. The summed E-state index contributed by atoms with van der Waals surface area (Å²) in [6.07, 6.45) is 5.64. The van der Waals surface area contributed by atoms with E-state index in [-0.39, 0.29) is 12.0 Å². The minimum Gasteiger partial charge on any atom is -0.494 e. The molecule has 1 N–H and O–H groups in total. The summed E-state index contributed by atoms with van der Waals surface area (Å²) in [7, 11) is 3.41. The Hall–Kier alpha value is -3.62. The van der Waals surface area contributed by atoms with E-state index >= 15 is 0 Å². The van der Waals surface area contributed by atoms with Crippen molar-refractivity contribution in [3.8, 4) is 11.4 Å². The molecule has 0 radical (unpaired) electrons. The van der Waals surface area contributed by atoms with Crippen LogP contribution in [-0.2, 0) is 11.2 Å². The number of benzene rings is 2. The number of hydrogen-bond acceptors (Lipinski definition) is 7. The molecule has 1 fully saturated rings. The van der Waals surface area contributed by atoms with Gasteiger partial charge < -0.3 is 24.3 Å². The summed E-state index contributed by atoms with van der Waals surface area (Å²) in [6, 6.07) is 16.5. The smallest absolute Gasteiger partial charge is 0.229 e. The van der Waals surface area contributed by atoms with E-state index < -0.39 is 0 Å². The van der Waals surface area contributed by atoms with Gasteiger partial charge in [-0.05, 0) is 30.5 Å². The minimum absolute atomic E-state index is 0.242. The van der Waals surface area contributed by atoms with Crippen molar-refractivity contribution in [2.24, 2.45) is 0 Å². The fourth-order valence-electron chi connectivity index (χ4n) is 5.06. The first-order chi connectivity index (χ1) is 17.6. The van der Waals surface area contributed by atoms with Gasteiger partial charge >= 0.3 is 0 Å². The molecule has 36 heavy (non-hydrogen) atoms. The third kappa shape index (κ3) is 4.16. The number of halogens is 1. The second-order valence-electron chi connectivity index (χ2n) is 9.11. The average molecular weight is 503 g/mol. The zero-order valence-corrected chi connectivity index (χ0v) is 20.9. The number of rotatable bonds is 7. The summed E-state index contributed by atoms with van der Waals surface area (Å²) in [4.78, 5) is 16.4. The molecule has 0 amide bonds. The molecule has 0 bridgehead atoms. The van der Waals surface area contributed by atoms with Crippen LogP contribution in [0.3, 0.4) is 0 Å². The second-order valence-corrected chi connectivity index (χ2v) is 9.50. The Balaban J connectivity index is 1.36. The largest absolute Gasteiger partial charge is 0.494 e. The Bertz CT molecular complexity index is 1390. The van der Waals surface area contributed by atoms with Crippen LogP contribution < -0.4 is 15.0 Å². The topological polar surface area (TPSA) is 77.3 Å². The van der Waals surface area contributed by atoms with Crippen molar-refractivity contribution in [1.29, 1.82) is 0 Å². The molecule has 9 heteroatoms. The van der Waals surface area contributed by atoms with E-state index in [2.05, 4.69) is 45.5 Å². The molecule has 0 spiro atoms. The zero-order chi connectivity index (χ0) is 24.6. The summed E-state index contributed by atoms with van der Waals surface area (Å²) in [5, 5.41) is 3.85. The zero-order valence-electron chi connectivity index (χ0n) is 20.2. The highest BCUT2D eigenvalue weighted by atomic mass is 35.5. The number of nitrogens with one attached hydrogen (secondary N) is 1. The molecule has 1 unspecified atom stereocenters. The third-order valence-corrected chi connectivity index (χ3v) is 7.17. The number of nitrogens with zero attached hydrogens (tertiary/aromatic N) is 5. The van der Waals surface area contributed by atoms with E-state index in [4.69, 9.17) is 31.0 Å². The van der Waals surface area contributed by atoms with E-state index in [1.807, 2.05) is 22.8 Å². The third-order valence-electron chi connectivity index (χ3n) is 6.98. The Kier molecular flexibility index (Phi) is 5.99. The summed E-state index contributed by atoms with van der Waals surface area (Å²) in [5.41, 5.74) is 5.31. The monoisotopic (exact) mass is 502 g/mol. The molecule has 1 atom stereocenters. The highest BCUT2D eigenvalue weighted by Gasteiger charge is 2.35. The number of hydrogen-bond donors (Lipinski definition) is 1. The van der Waals surface area contributed by atoms with Crippen LogP contribution in [0.2, 0.25) is 5.15 Å². The second kappa shape index (κ2) is 9.44. The van der Waals surface area contributed by atoms with Crippen LogP contribution in [0.15, 0.2) is 61.1 Å². The van der Waals surface area contributed by atoms with Gasteiger partial charge in [-0.25, -0.2) is 9.97 Å². The van der Waals surface area contributed by atoms with E-state index in [0.717, 1.165) is 48.8 Å². The highest BCUT2D eigenvalue weighted by Crippen LogP contribution is 2.42. The summed E-state index contributed by atoms with van der Waals surface area (Å²) in [5.74, 6) is 2.52. The SMILES string of the molecule is COc1cc(Nc2nc3c(c(N4CC(OC)C4)n2)CCC3c2ccccc2)ccc1-n1cnc(Cl)c1. The molecule has 3 heterocycles. The number of fused-ring (bicyclic) bond motifs is 1. The van der Waals surface area contributed by atoms with Crippen molar-refractivity contribution < 1.29 is 9.47 Å². The first-order valence-electron chi connectivity index (χ1n) is 12.0. The number of ether oxygens (including phenoxy) is 2. The lowest BCUT2D eigenvalue weighted by molar-refractivity contribution is 0.0782. The molecule has 2 aliphatic rings. The number of anilines is 3. The van der Waals surface area contributed by atoms with Gasteiger partial charge in [-0.15, -0.1) is 0 Å². The van der Waals surface area contributed by atoms with Gasteiger partial charge in [0, 0.05) is 49.6 Å². The van der Waals surface area contributed by atoms with Crippen molar-refractivity contribution in [2.45, 2.75) is 24.9 Å². The summed E-state index contributed by atoms with van der Waals surface area (Å²) in [6.45, 7) is 1.68. The van der Waals surface area contributed by atoms with Gasteiger partial charge in [0.1, 0.15) is 23.0 Å². The Morgan fingerprint density at radius 3 is 2.61 bits per heavy atom. The van der Waals surface area contributed by atoms with Gasteiger partial charge in [-0.2, -0.15) is 4.98 Å². The molecule has 6 rings (SSSR count). The lowest BCUT2D eigenvalue weighted by Gasteiger charge is -2.40. The molecule has 8 nitrogen and oxygen atoms in total. The molecule has 184 valence electrons. The Morgan fingerprint density at radius 2 is 1.89 bits per heavy atom. The quantitative estimate of drug-likeness (QED) is 0.382. The number of methoxy groups -OCH3 is 2. The van der Waals surface area contributed by atoms with Crippen LogP contribution in [0.25, 0.3) is 5.69 Å². The van der Waals surface area contributed by atoms with Gasteiger partial charge in [0.05, 0.1) is 24.6 Å². The van der Waals surface area contributed by atoms with Crippen LogP contribution in [0.5, 0.6) is 5.75 Å². The first-order valence-corrected chi connectivity index (χ1v) is 12.4. The van der Waals surface area contributed by atoms with Gasteiger partial charge in [-0.1, -0.05) is 41.9 Å². The molecule has 4 aromatic rings. The molecule has 1 aliphatic carbocycles. The van der Waals surface area contributed by atoms with Gasteiger partial charge in [0.2, 0.25) is 5.95 Å². The molecule has 2 aromatic heterocycles. The van der Waals surface area contributed by atoms with Crippen molar-refractivity contribution in [2.75, 3.05) is 37.5 Å². The molecule has 1 aliphatic heterocycles. The molecule has 0 saturated carbocycles. The number of imidazole rings is 1. The average Bonchev–Trinajstić information content (AvgIpc) is 3.50. The van der Waals surface area contributed by atoms with Gasteiger partial charge in [0.25, 0.3) is 0 Å². The van der Waals surface area contributed by atoms with E-state index in [9.17, 15) is 0 Å².